The summed E-state index contributed by atoms with van der Waals surface area (Å²) in [5.41, 5.74) is 1.69. The molecule has 1 aromatic heterocycles. The lowest BCUT2D eigenvalue weighted by Gasteiger charge is -2.32. The van der Waals surface area contributed by atoms with Crippen LogP contribution in [0.15, 0.2) is 28.7 Å². The molecule has 0 radical (unpaired) electrons. The summed E-state index contributed by atoms with van der Waals surface area (Å²) < 4.78 is 10.9. The average Bonchev–Trinajstić information content (AvgIpc) is 2.89. The molecule has 0 amide bonds. The quantitative estimate of drug-likeness (QED) is 0.811. The monoisotopic (exact) mass is 302 g/mol. The van der Waals surface area contributed by atoms with Gasteiger partial charge in [-0.25, -0.2) is 4.79 Å². The number of rotatable bonds is 4. The normalized spacial score (nSPS) is 17.0. The second kappa shape index (κ2) is 6.50. The van der Waals surface area contributed by atoms with E-state index in [1.807, 2.05) is 24.3 Å². The Labute approximate surface area is 130 Å². The molecule has 0 unspecified atom stereocenters. The van der Waals surface area contributed by atoms with Gasteiger partial charge in [-0.3, -0.25) is 4.90 Å². The molecule has 2 heterocycles. The first-order chi connectivity index (χ1) is 10.7. The molecule has 1 aliphatic heterocycles. The maximum Gasteiger partial charge on any atom is 0.374 e. The van der Waals surface area contributed by atoms with Crippen molar-refractivity contribution in [3.63, 3.8) is 0 Å². The fourth-order valence-electron chi connectivity index (χ4n) is 2.85. The van der Waals surface area contributed by atoms with Crippen molar-refractivity contribution in [3.05, 3.63) is 35.6 Å². The Bertz CT molecular complexity index is 657. The van der Waals surface area contributed by atoms with Crippen LogP contribution in [0.1, 0.15) is 23.0 Å². The van der Waals surface area contributed by atoms with Crippen molar-refractivity contribution in [2.75, 3.05) is 39.8 Å². The van der Waals surface area contributed by atoms with Crippen molar-refractivity contribution in [1.82, 2.24) is 9.80 Å². The number of hydrogen-bond acceptors (Lipinski definition) is 5. The van der Waals surface area contributed by atoms with Crippen molar-refractivity contribution in [3.8, 4) is 0 Å². The van der Waals surface area contributed by atoms with Crippen molar-refractivity contribution >= 4 is 16.9 Å². The molecule has 1 fully saturated rings. The molecule has 22 heavy (non-hydrogen) atoms. The van der Waals surface area contributed by atoms with Crippen molar-refractivity contribution < 1.29 is 13.9 Å². The molecule has 118 valence electrons. The standard InChI is InChI=1S/C17H22N2O3/c1-3-21-17(20)16-14(12-19-10-8-18(2)9-11-19)13-6-4-5-7-15(13)22-16/h4-7H,3,8-12H2,1-2H3. The van der Waals surface area contributed by atoms with Gasteiger partial charge in [0.05, 0.1) is 6.61 Å². The highest BCUT2D eigenvalue weighted by atomic mass is 16.5. The first kappa shape index (κ1) is 15.1. The second-order valence-electron chi connectivity index (χ2n) is 5.71. The summed E-state index contributed by atoms with van der Waals surface area (Å²) in [6, 6.07) is 7.79. The Balaban J connectivity index is 1.91. The smallest absolute Gasteiger partial charge is 0.374 e. The number of likely N-dealkylation sites (N-methyl/N-ethyl adjacent to an activating group) is 1. The van der Waals surface area contributed by atoms with E-state index >= 15 is 0 Å². The lowest BCUT2D eigenvalue weighted by molar-refractivity contribution is 0.0488. The summed E-state index contributed by atoms with van der Waals surface area (Å²) >= 11 is 0. The van der Waals surface area contributed by atoms with Gasteiger partial charge < -0.3 is 14.1 Å². The molecule has 1 aromatic carbocycles. The Morgan fingerprint density at radius 1 is 1.23 bits per heavy atom. The zero-order valence-electron chi connectivity index (χ0n) is 13.2. The molecule has 0 bridgehead atoms. The Kier molecular flexibility index (Phi) is 4.45. The number of benzene rings is 1. The Morgan fingerprint density at radius 2 is 1.95 bits per heavy atom. The SMILES string of the molecule is CCOC(=O)c1oc2ccccc2c1CN1CCN(C)CC1. The van der Waals surface area contributed by atoms with E-state index in [4.69, 9.17) is 9.15 Å². The number of fused-ring (bicyclic) bond motifs is 1. The van der Waals surface area contributed by atoms with E-state index in [1.54, 1.807) is 6.92 Å². The highest BCUT2D eigenvalue weighted by Crippen LogP contribution is 2.28. The lowest BCUT2D eigenvalue weighted by atomic mass is 10.1. The Morgan fingerprint density at radius 3 is 2.68 bits per heavy atom. The highest BCUT2D eigenvalue weighted by Gasteiger charge is 2.24. The van der Waals surface area contributed by atoms with Crippen LogP contribution in [0.25, 0.3) is 11.0 Å². The average molecular weight is 302 g/mol. The van der Waals surface area contributed by atoms with Gasteiger partial charge >= 0.3 is 5.97 Å². The van der Waals surface area contributed by atoms with E-state index in [-0.39, 0.29) is 5.97 Å². The van der Waals surface area contributed by atoms with Crippen LogP contribution in [0.3, 0.4) is 0 Å². The lowest BCUT2D eigenvalue weighted by Crippen LogP contribution is -2.44. The molecule has 3 rings (SSSR count). The maximum atomic E-state index is 12.2. The molecule has 0 saturated carbocycles. The fraction of sp³-hybridized carbons (Fsp3) is 0.471. The van der Waals surface area contributed by atoms with Crippen LogP contribution in [-0.2, 0) is 11.3 Å². The summed E-state index contributed by atoms with van der Waals surface area (Å²) in [5, 5.41) is 1.00. The molecule has 1 aliphatic rings. The second-order valence-corrected chi connectivity index (χ2v) is 5.71. The van der Waals surface area contributed by atoms with Gasteiger partial charge in [-0.15, -0.1) is 0 Å². The molecular weight excluding hydrogens is 280 g/mol. The summed E-state index contributed by atoms with van der Waals surface area (Å²) in [6.45, 7) is 6.97. The van der Waals surface area contributed by atoms with Gasteiger partial charge in [0, 0.05) is 43.7 Å². The van der Waals surface area contributed by atoms with Gasteiger partial charge in [-0.2, -0.15) is 0 Å². The number of carbonyl (C=O) groups excluding carboxylic acids is 1. The zero-order chi connectivity index (χ0) is 15.5. The van der Waals surface area contributed by atoms with Crippen molar-refractivity contribution in [2.24, 2.45) is 0 Å². The van der Waals surface area contributed by atoms with Crippen LogP contribution >= 0.6 is 0 Å². The van der Waals surface area contributed by atoms with Gasteiger partial charge in [0.15, 0.2) is 0 Å². The molecule has 5 nitrogen and oxygen atoms in total. The van der Waals surface area contributed by atoms with E-state index in [1.165, 1.54) is 0 Å². The number of para-hydroxylation sites is 1. The largest absolute Gasteiger partial charge is 0.460 e. The molecule has 2 aromatic rings. The number of furan rings is 1. The zero-order valence-corrected chi connectivity index (χ0v) is 13.2. The third-order valence-corrected chi connectivity index (χ3v) is 4.14. The topological polar surface area (TPSA) is 45.9 Å². The Hall–Kier alpha value is -1.85. The minimum Gasteiger partial charge on any atom is -0.460 e. The molecule has 5 heteroatoms. The van der Waals surface area contributed by atoms with Crippen LogP contribution in [0.4, 0.5) is 0 Å². The number of carbonyl (C=O) groups is 1. The fourth-order valence-corrected chi connectivity index (χ4v) is 2.85. The van der Waals surface area contributed by atoms with E-state index < -0.39 is 0 Å². The summed E-state index contributed by atoms with van der Waals surface area (Å²) in [7, 11) is 2.13. The minimum atomic E-state index is -0.372. The summed E-state index contributed by atoms with van der Waals surface area (Å²) in [5.74, 6) is -0.0233. The number of nitrogens with zero attached hydrogens (tertiary/aromatic N) is 2. The van der Waals surface area contributed by atoms with Crippen LogP contribution in [-0.4, -0.2) is 55.6 Å². The molecule has 0 atom stereocenters. The molecule has 0 N–H and O–H groups in total. The van der Waals surface area contributed by atoms with E-state index in [9.17, 15) is 4.79 Å². The van der Waals surface area contributed by atoms with Crippen LogP contribution in [0, 0.1) is 0 Å². The minimum absolute atomic E-state index is 0.349. The van der Waals surface area contributed by atoms with Gasteiger partial charge in [0.1, 0.15) is 5.58 Å². The number of esters is 1. The molecule has 0 aliphatic carbocycles. The summed E-state index contributed by atoms with van der Waals surface area (Å²) in [6.07, 6.45) is 0. The van der Waals surface area contributed by atoms with Crippen LogP contribution in [0.5, 0.6) is 0 Å². The molecular formula is C17H22N2O3. The predicted molar refractivity (Wildman–Crippen MR) is 84.9 cm³/mol. The van der Waals surface area contributed by atoms with Crippen LogP contribution in [0.2, 0.25) is 0 Å². The van der Waals surface area contributed by atoms with E-state index in [0.29, 0.717) is 12.4 Å². The van der Waals surface area contributed by atoms with Gasteiger partial charge in [0.2, 0.25) is 5.76 Å². The molecule has 0 spiro atoms. The van der Waals surface area contributed by atoms with Crippen LogP contribution < -0.4 is 0 Å². The van der Waals surface area contributed by atoms with E-state index in [0.717, 1.165) is 49.3 Å². The van der Waals surface area contributed by atoms with Crippen molar-refractivity contribution in [1.29, 1.82) is 0 Å². The number of hydrogen-bond donors (Lipinski definition) is 0. The van der Waals surface area contributed by atoms with Crippen molar-refractivity contribution in [2.45, 2.75) is 13.5 Å². The van der Waals surface area contributed by atoms with E-state index in [2.05, 4.69) is 16.8 Å². The molecule has 1 saturated heterocycles. The first-order valence-corrected chi connectivity index (χ1v) is 7.77. The predicted octanol–water partition coefficient (Wildman–Crippen LogP) is 2.36. The summed E-state index contributed by atoms with van der Waals surface area (Å²) in [4.78, 5) is 16.9. The van der Waals surface area contributed by atoms with Gasteiger partial charge in [0.25, 0.3) is 0 Å². The number of ether oxygens (including phenoxy) is 1. The maximum absolute atomic E-state index is 12.2. The van der Waals surface area contributed by atoms with Gasteiger partial charge in [-0.1, -0.05) is 18.2 Å². The third-order valence-electron chi connectivity index (χ3n) is 4.14. The number of piperazine rings is 1. The third kappa shape index (κ3) is 3.00. The highest BCUT2D eigenvalue weighted by molar-refractivity contribution is 5.96. The first-order valence-electron chi connectivity index (χ1n) is 7.77. The van der Waals surface area contributed by atoms with Gasteiger partial charge in [-0.05, 0) is 20.0 Å².